The fourth-order valence-electron chi connectivity index (χ4n) is 1.29. The lowest BCUT2D eigenvalue weighted by molar-refractivity contribution is -0.0992. The molecular formula is C10H15NO4. The summed E-state index contributed by atoms with van der Waals surface area (Å²) in [5.74, 6) is -0.103. The second kappa shape index (κ2) is 5.06. The molecule has 1 rings (SSSR count). The lowest BCUT2D eigenvalue weighted by Gasteiger charge is -2.15. The number of hydrogen-bond acceptors (Lipinski definition) is 5. The van der Waals surface area contributed by atoms with Gasteiger partial charge in [-0.15, -0.1) is 0 Å². The largest absolute Gasteiger partial charge is 0.506 e. The lowest BCUT2D eigenvalue weighted by atomic mass is 10.1. The molecule has 0 amide bonds. The van der Waals surface area contributed by atoms with Gasteiger partial charge in [0.05, 0.1) is 12.3 Å². The predicted octanol–water partition coefficient (Wildman–Crippen LogP) is 0.615. The van der Waals surface area contributed by atoms with Crippen LogP contribution in [-0.4, -0.2) is 26.9 Å². The standard InChI is InChI=1S/C10H15NO4/c1-3-15-10(14)7-4-11-6(2)9(13)8(7)5-12/h4,10,12-14H,3,5H2,1-2H3. The monoisotopic (exact) mass is 213 g/mol. The molecule has 1 aromatic heterocycles. The zero-order valence-corrected chi connectivity index (χ0v) is 8.77. The van der Waals surface area contributed by atoms with E-state index in [0.717, 1.165) is 0 Å². The third-order valence-electron chi connectivity index (χ3n) is 2.12. The van der Waals surface area contributed by atoms with Gasteiger partial charge in [0.1, 0.15) is 5.75 Å². The minimum atomic E-state index is -1.17. The third-order valence-corrected chi connectivity index (χ3v) is 2.12. The van der Waals surface area contributed by atoms with Crippen molar-refractivity contribution in [3.8, 4) is 5.75 Å². The Hall–Kier alpha value is -1.17. The van der Waals surface area contributed by atoms with E-state index in [1.807, 2.05) is 0 Å². The Balaban J connectivity index is 3.12. The van der Waals surface area contributed by atoms with Gasteiger partial charge in [-0.1, -0.05) is 0 Å². The summed E-state index contributed by atoms with van der Waals surface area (Å²) in [6.07, 6.45) is 0.220. The van der Waals surface area contributed by atoms with Gasteiger partial charge >= 0.3 is 0 Å². The van der Waals surface area contributed by atoms with Crippen LogP contribution in [-0.2, 0) is 11.3 Å². The highest BCUT2D eigenvalue weighted by Gasteiger charge is 2.17. The molecule has 0 aliphatic heterocycles. The Bertz CT molecular complexity index is 340. The molecule has 15 heavy (non-hydrogen) atoms. The molecule has 3 N–H and O–H groups in total. The number of ether oxygens (including phenoxy) is 1. The van der Waals surface area contributed by atoms with Crippen molar-refractivity contribution in [3.63, 3.8) is 0 Å². The predicted molar refractivity (Wildman–Crippen MR) is 53.1 cm³/mol. The maximum absolute atomic E-state index is 9.61. The van der Waals surface area contributed by atoms with Crippen LogP contribution in [0.15, 0.2) is 6.20 Å². The Morgan fingerprint density at radius 1 is 1.53 bits per heavy atom. The van der Waals surface area contributed by atoms with E-state index >= 15 is 0 Å². The number of hydrogen-bond donors (Lipinski definition) is 3. The van der Waals surface area contributed by atoms with Gasteiger partial charge in [0.2, 0.25) is 0 Å². The minimum absolute atomic E-state index is 0.103. The zero-order valence-electron chi connectivity index (χ0n) is 8.77. The highest BCUT2D eigenvalue weighted by atomic mass is 16.6. The van der Waals surface area contributed by atoms with Crippen LogP contribution in [0.1, 0.15) is 30.0 Å². The summed E-state index contributed by atoms with van der Waals surface area (Å²) in [4.78, 5) is 3.89. The van der Waals surface area contributed by atoms with Crippen molar-refractivity contribution in [1.82, 2.24) is 4.98 Å². The van der Waals surface area contributed by atoms with Crippen molar-refractivity contribution in [3.05, 3.63) is 23.0 Å². The quantitative estimate of drug-likeness (QED) is 0.638. The molecule has 1 heterocycles. The maximum Gasteiger partial charge on any atom is 0.183 e. The van der Waals surface area contributed by atoms with Crippen LogP contribution in [0, 0.1) is 6.92 Å². The molecule has 0 bridgehead atoms. The Morgan fingerprint density at radius 2 is 2.20 bits per heavy atom. The molecule has 1 unspecified atom stereocenters. The number of aliphatic hydroxyl groups excluding tert-OH is 2. The van der Waals surface area contributed by atoms with E-state index < -0.39 is 6.29 Å². The number of nitrogens with zero attached hydrogens (tertiary/aromatic N) is 1. The minimum Gasteiger partial charge on any atom is -0.506 e. The first-order chi connectivity index (χ1) is 7.11. The summed E-state index contributed by atoms with van der Waals surface area (Å²) in [5, 5.41) is 28.3. The summed E-state index contributed by atoms with van der Waals surface area (Å²) >= 11 is 0. The molecule has 0 radical (unpaired) electrons. The molecule has 0 saturated heterocycles. The van der Waals surface area contributed by atoms with Crippen LogP contribution >= 0.6 is 0 Å². The van der Waals surface area contributed by atoms with Crippen LogP contribution < -0.4 is 0 Å². The number of aromatic nitrogens is 1. The van der Waals surface area contributed by atoms with Crippen molar-refractivity contribution < 1.29 is 20.1 Å². The topological polar surface area (TPSA) is 82.8 Å². The van der Waals surface area contributed by atoms with E-state index in [9.17, 15) is 10.2 Å². The van der Waals surface area contributed by atoms with Crippen molar-refractivity contribution >= 4 is 0 Å². The average Bonchev–Trinajstić information content (AvgIpc) is 2.22. The third kappa shape index (κ3) is 2.44. The normalized spacial score (nSPS) is 12.8. The Kier molecular flexibility index (Phi) is 4.02. The first-order valence-electron chi connectivity index (χ1n) is 4.69. The first kappa shape index (κ1) is 11.9. The second-order valence-electron chi connectivity index (χ2n) is 3.09. The smallest absolute Gasteiger partial charge is 0.183 e. The van der Waals surface area contributed by atoms with Crippen molar-refractivity contribution in [2.75, 3.05) is 6.61 Å². The van der Waals surface area contributed by atoms with E-state index in [4.69, 9.17) is 9.84 Å². The number of aryl methyl sites for hydroxylation is 1. The molecule has 5 heteroatoms. The van der Waals surface area contributed by atoms with Crippen LogP contribution in [0.2, 0.25) is 0 Å². The molecule has 0 aliphatic carbocycles. The highest BCUT2D eigenvalue weighted by Crippen LogP contribution is 2.28. The molecule has 0 fully saturated rings. The molecule has 1 aromatic rings. The van der Waals surface area contributed by atoms with Gasteiger partial charge in [0.15, 0.2) is 6.29 Å². The maximum atomic E-state index is 9.61. The molecular weight excluding hydrogens is 198 g/mol. The summed E-state index contributed by atoms with van der Waals surface area (Å²) in [7, 11) is 0. The fraction of sp³-hybridized carbons (Fsp3) is 0.500. The van der Waals surface area contributed by atoms with Gasteiger partial charge in [-0.25, -0.2) is 0 Å². The summed E-state index contributed by atoms with van der Waals surface area (Å²) in [5.41, 5.74) is 0.956. The van der Waals surface area contributed by atoms with Gasteiger partial charge < -0.3 is 20.1 Å². The molecule has 1 atom stereocenters. The number of rotatable bonds is 4. The van der Waals surface area contributed by atoms with Crippen molar-refractivity contribution in [2.24, 2.45) is 0 Å². The summed E-state index contributed by atoms with van der Waals surface area (Å²) in [6, 6.07) is 0. The second-order valence-corrected chi connectivity index (χ2v) is 3.09. The van der Waals surface area contributed by atoms with Crippen molar-refractivity contribution in [2.45, 2.75) is 26.7 Å². The SMILES string of the molecule is CCOC(O)c1cnc(C)c(O)c1CO. The average molecular weight is 213 g/mol. The first-order valence-corrected chi connectivity index (χ1v) is 4.69. The van der Waals surface area contributed by atoms with E-state index in [-0.39, 0.29) is 17.9 Å². The lowest BCUT2D eigenvalue weighted by Crippen LogP contribution is -2.08. The van der Waals surface area contributed by atoms with E-state index in [0.29, 0.717) is 17.9 Å². The number of aromatic hydroxyl groups is 1. The Morgan fingerprint density at radius 3 is 2.73 bits per heavy atom. The number of pyridine rings is 1. The molecule has 5 nitrogen and oxygen atoms in total. The van der Waals surface area contributed by atoms with Gasteiger partial charge in [0.25, 0.3) is 0 Å². The number of aliphatic hydroxyl groups is 2. The van der Waals surface area contributed by atoms with Gasteiger partial charge in [-0.3, -0.25) is 4.98 Å². The van der Waals surface area contributed by atoms with E-state index in [1.54, 1.807) is 13.8 Å². The molecule has 0 aliphatic rings. The van der Waals surface area contributed by atoms with Gasteiger partial charge in [0, 0.05) is 23.9 Å². The fourth-order valence-corrected chi connectivity index (χ4v) is 1.29. The molecule has 0 aromatic carbocycles. The Labute approximate surface area is 88.0 Å². The molecule has 84 valence electrons. The van der Waals surface area contributed by atoms with Crippen molar-refractivity contribution in [1.29, 1.82) is 0 Å². The summed E-state index contributed by atoms with van der Waals surface area (Å²) in [6.45, 7) is 3.32. The zero-order chi connectivity index (χ0) is 11.4. The van der Waals surface area contributed by atoms with Crippen LogP contribution in [0.25, 0.3) is 0 Å². The van der Waals surface area contributed by atoms with Crippen LogP contribution in [0.3, 0.4) is 0 Å². The van der Waals surface area contributed by atoms with E-state index in [1.165, 1.54) is 6.20 Å². The van der Waals surface area contributed by atoms with Crippen LogP contribution in [0.4, 0.5) is 0 Å². The molecule has 0 saturated carbocycles. The molecule has 0 spiro atoms. The van der Waals surface area contributed by atoms with Crippen LogP contribution in [0.5, 0.6) is 5.75 Å². The van der Waals surface area contributed by atoms with E-state index in [2.05, 4.69) is 4.98 Å². The highest BCUT2D eigenvalue weighted by molar-refractivity contribution is 5.40. The summed E-state index contributed by atoms with van der Waals surface area (Å²) < 4.78 is 4.96. The van der Waals surface area contributed by atoms with Gasteiger partial charge in [-0.2, -0.15) is 0 Å². The van der Waals surface area contributed by atoms with Gasteiger partial charge in [-0.05, 0) is 13.8 Å².